The fourth-order valence-corrected chi connectivity index (χ4v) is 0.871. The SMILES string of the molecule is CN(C(=O)NCCNC(N)=O)C(C)(C)C(=O)O. The van der Waals surface area contributed by atoms with Crippen molar-refractivity contribution < 1.29 is 19.5 Å². The van der Waals surface area contributed by atoms with Gasteiger partial charge in [-0.25, -0.2) is 14.4 Å². The molecule has 0 atom stereocenters. The molecule has 8 heteroatoms. The third kappa shape index (κ3) is 4.58. The van der Waals surface area contributed by atoms with E-state index < -0.39 is 23.6 Å². The summed E-state index contributed by atoms with van der Waals surface area (Å²) in [6.07, 6.45) is 0. The minimum Gasteiger partial charge on any atom is -0.480 e. The van der Waals surface area contributed by atoms with Gasteiger partial charge in [-0.3, -0.25) is 0 Å². The number of nitrogens with zero attached hydrogens (tertiary/aromatic N) is 1. The number of amides is 4. The summed E-state index contributed by atoms with van der Waals surface area (Å²) < 4.78 is 0. The minimum absolute atomic E-state index is 0.168. The number of aliphatic carboxylic acids is 1. The van der Waals surface area contributed by atoms with Crippen LogP contribution in [0, 0.1) is 0 Å². The van der Waals surface area contributed by atoms with Crippen molar-refractivity contribution in [1.29, 1.82) is 0 Å². The van der Waals surface area contributed by atoms with E-state index in [1.165, 1.54) is 20.9 Å². The highest BCUT2D eigenvalue weighted by Gasteiger charge is 2.34. The molecule has 5 N–H and O–H groups in total. The van der Waals surface area contributed by atoms with Gasteiger partial charge in [-0.05, 0) is 13.8 Å². The molecule has 0 aromatic rings. The van der Waals surface area contributed by atoms with Crippen LogP contribution in [0.1, 0.15) is 13.8 Å². The van der Waals surface area contributed by atoms with Gasteiger partial charge in [0.15, 0.2) is 0 Å². The summed E-state index contributed by atoms with van der Waals surface area (Å²) in [5, 5.41) is 13.7. The van der Waals surface area contributed by atoms with Crippen LogP contribution < -0.4 is 16.4 Å². The van der Waals surface area contributed by atoms with Crippen LogP contribution in [0.15, 0.2) is 0 Å². The van der Waals surface area contributed by atoms with Crippen molar-refractivity contribution >= 4 is 18.0 Å². The molecule has 0 aliphatic rings. The quantitative estimate of drug-likeness (QED) is 0.472. The Balaban J connectivity index is 4.15. The zero-order chi connectivity index (χ0) is 13.6. The summed E-state index contributed by atoms with van der Waals surface area (Å²) >= 11 is 0. The van der Waals surface area contributed by atoms with Crippen LogP contribution in [-0.4, -0.2) is 53.7 Å². The third-order valence-corrected chi connectivity index (χ3v) is 2.37. The second-order valence-electron chi connectivity index (χ2n) is 3.95. The van der Waals surface area contributed by atoms with Crippen molar-refractivity contribution in [2.45, 2.75) is 19.4 Å². The average molecular weight is 246 g/mol. The van der Waals surface area contributed by atoms with Crippen molar-refractivity contribution in [2.75, 3.05) is 20.1 Å². The lowest BCUT2D eigenvalue weighted by atomic mass is 10.1. The Bertz CT molecular complexity index is 316. The molecule has 0 unspecified atom stereocenters. The number of hydrogen-bond acceptors (Lipinski definition) is 3. The first-order chi connectivity index (χ1) is 7.69. The van der Waals surface area contributed by atoms with E-state index >= 15 is 0 Å². The summed E-state index contributed by atoms with van der Waals surface area (Å²) in [5.74, 6) is -1.11. The van der Waals surface area contributed by atoms with Crippen molar-refractivity contribution in [3.8, 4) is 0 Å². The van der Waals surface area contributed by atoms with Gasteiger partial charge in [-0.1, -0.05) is 0 Å². The standard InChI is InChI=1S/C9H18N4O4/c1-9(2,6(14)15)13(3)8(17)12-5-4-11-7(10)16/h4-5H2,1-3H3,(H,12,17)(H,14,15)(H3,10,11,16). The van der Waals surface area contributed by atoms with Crippen LogP contribution in [0.25, 0.3) is 0 Å². The maximum atomic E-state index is 11.5. The molecule has 17 heavy (non-hydrogen) atoms. The van der Waals surface area contributed by atoms with E-state index in [1.54, 1.807) is 0 Å². The van der Waals surface area contributed by atoms with E-state index in [1.807, 2.05) is 0 Å². The second kappa shape index (κ2) is 5.92. The molecule has 0 saturated carbocycles. The van der Waals surface area contributed by atoms with Crippen molar-refractivity contribution in [2.24, 2.45) is 5.73 Å². The predicted molar refractivity (Wildman–Crippen MR) is 60.5 cm³/mol. The predicted octanol–water partition coefficient (Wildman–Crippen LogP) is -0.841. The topological polar surface area (TPSA) is 125 Å². The Labute approximate surface area is 99.1 Å². The van der Waals surface area contributed by atoms with Gasteiger partial charge in [0.25, 0.3) is 0 Å². The number of carbonyl (C=O) groups is 3. The first-order valence-electron chi connectivity index (χ1n) is 4.98. The molecule has 0 aliphatic carbocycles. The fourth-order valence-electron chi connectivity index (χ4n) is 0.871. The first kappa shape index (κ1) is 15.0. The Kier molecular flexibility index (Phi) is 5.23. The van der Waals surface area contributed by atoms with Crippen LogP contribution in [0.3, 0.4) is 0 Å². The van der Waals surface area contributed by atoms with Gasteiger partial charge in [0.05, 0.1) is 0 Å². The Morgan fingerprint density at radius 2 is 1.71 bits per heavy atom. The Hall–Kier alpha value is -1.99. The number of carboxylic acids is 1. The van der Waals surface area contributed by atoms with Crippen molar-refractivity contribution in [1.82, 2.24) is 15.5 Å². The van der Waals surface area contributed by atoms with E-state index in [2.05, 4.69) is 10.6 Å². The van der Waals surface area contributed by atoms with Gasteiger partial charge in [0.2, 0.25) is 0 Å². The highest BCUT2D eigenvalue weighted by molar-refractivity contribution is 5.85. The number of rotatable bonds is 5. The molecular weight excluding hydrogens is 228 g/mol. The van der Waals surface area contributed by atoms with E-state index in [9.17, 15) is 14.4 Å². The van der Waals surface area contributed by atoms with Gasteiger partial charge in [-0.2, -0.15) is 0 Å². The lowest BCUT2D eigenvalue weighted by Gasteiger charge is -2.31. The van der Waals surface area contributed by atoms with Crippen molar-refractivity contribution in [3.63, 3.8) is 0 Å². The number of likely N-dealkylation sites (N-methyl/N-ethyl adjacent to an activating group) is 1. The van der Waals surface area contributed by atoms with Crippen LogP contribution in [-0.2, 0) is 4.79 Å². The maximum Gasteiger partial charge on any atom is 0.329 e. The number of nitrogens with one attached hydrogen (secondary N) is 2. The van der Waals surface area contributed by atoms with Crippen molar-refractivity contribution in [3.05, 3.63) is 0 Å². The zero-order valence-corrected chi connectivity index (χ0v) is 10.1. The lowest BCUT2D eigenvalue weighted by molar-refractivity contribution is -0.146. The van der Waals surface area contributed by atoms with Crippen LogP contribution in [0.5, 0.6) is 0 Å². The van der Waals surface area contributed by atoms with Gasteiger partial charge in [0, 0.05) is 20.1 Å². The van der Waals surface area contributed by atoms with Gasteiger partial charge >= 0.3 is 18.0 Å². The van der Waals surface area contributed by atoms with Gasteiger partial charge in [0.1, 0.15) is 5.54 Å². The van der Waals surface area contributed by atoms with Crippen LogP contribution in [0.4, 0.5) is 9.59 Å². The monoisotopic (exact) mass is 246 g/mol. The smallest absolute Gasteiger partial charge is 0.329 e. The molecule has 0 aromatic heterocycles. The molecule has 0 radical (unpaired) electrons. The molecule has 0 spiro atoms. The summed E-state index contributed by atoms with van der Waals surface area (Å²) in [7, 11) is 1.38. The second-order valence-corrected chi connectivity index (χ2v) is 3.95. The summed E-state index contributed by atoms with van der Waals surface area (Å²) in [5.41, 5.74) is 3.52. The minimum atomic E-state index is -1.30. The summed E-state index contributed by atoms with van der Waals surface area (Å²) in [4.78, 5) is 33.8. The van der Waals surface area contributed by atoms with Crippen LogP contribution in [0.2, 0.25) is 0 Å². The third-order valence-electron chi connectivity index (χ3n) is 2.37. The molecule has 0 rings (SSSR count). The van der Waals surface area contributed by atoms with E-state index in [-0.39, 0.29) is 13.1 Å². The molecule has 98 valence electrons. The Morgan fingerprint density at radius 3 is 2.12 bits per heavy atom. The number of primary amides is 1. The van der Waals surface area contributed by atoms with E-state index in [4.69, 9.17) is 10.8 Å². The van der Waals surface area contributed by atoms with Crippen LogP contribution >= 0.6 is 0 Å². The number of carbonyl (C=O) groups excluding carboxylic acids is 2. The highest BCUT2D eigenvalue weighted by atomic mass is 16.4. The summed E-state index contributed by atoms with van der Waals surface area (Å²) in [6.45, 7) is 3.18. The van der Waals surface area contributed by atoms with Gasteiger partial charge in [-0.15, -0.1) is 0 Å². The number of carboxylic acid groups (broad SMARTS) is 1. The molecule has 0 aliphatic heterocycles. The lowest BCUT2D eigenvalue weighted by Crippen LogP contribution is -2.54. The van der Waals surface area contributed by atoms with E-state index in [0.717, 1.165) is 4.90 Å². The summed E-state index contributed by atoms with van der Waals surface area (Å²) in [6, 6.07) is -1.22. The van der Waals surface area contributed by atoms with E-state index in [0.29, 0.717) is 0 Å². The molecule has 0 aromatic carbocycles. The number of hydrogen-bond donors (Lipinski definition) is 4. The maximum absolute atomic E-state index is 11.5. The molecule has 0 fully saturated rings. The molecule has 0 bridgehead atoms. The molecule has 0 heterocycles. The normalized spacial score (nSPS) is 10.5. The molecule has 8 nitrogen and oxygen atoms in total. The highest BCUT2D eigenvalue weighted by Crippen LogP contribution is 2.11. The number of urea groups is 2. The molecule has 4 amide bonds. The Morgan fingerprint density at radius 1 is 1.24 bits per heavy atom. The fraction of sp³-hybridized carbons (Fsp3) is 0.667. The molecular formula is C9H18N4O4. The number of nitrogens with two attached hydrogens (primary N) is 1. The zero-order valence-electron chi connectivity index (χ0n) is 10.1. The largest absolute Gasteiger partial charge is 0.480 e. The average Bonchev–Trinajstić information content (AvgIpc) is 2.22. The van der Waals surface area contributed by atoms with Gasteiger partial charge < -0.3 is 26.4 Å². The molecule has 0 saturated heterocycles. The first-order valence-corrected chi connectivity index (χ1v) is 4.98.